The molecule has 2 heterocycles. The molecule has 0 radical (unpaired) electrons. The van der Waals surface area contributed by atoms with Gasteiger partial charge in [0.05, 0.1) is 6.61 Å². The van der Waals surface area contributed by atoms with E-state index in [0.717, 1.165) is 40.2 Å². The summed E-state index contributed by atoms with van der Waals surface area (Å²) < 4.78 is 6.13. The second-order valence-electron chi connectivity index (χ2n) is 6.39. The largest absolute Gasteiger partial charge is 0.493 e. The summed E-state index contributed by atoms with van der Waals surface area (Å²) in [6, 6.07) is 22.4. The van der Waals surface area contributed by atoms with E-state index in [0.29, 0.717) is 6.61 Å². The zero-order chi connectivity index (χ0) is 18.5. The molecule has 0 saturated carbocycles. The summed E-state index contributed by atoms with van der Waals surface area (Å²) >= 11 is 0. The number of nitrogens with zero attached hydrogens (tertiary/aromatic N) is 2. The third-order valence-electron chi connectivity index (χ3n) is 4.55. The fraction of sp³-hybridized carbons (Fsp3) is 0.130. The number of hydrogen-bond acceptors (Lipinski definition) is 3. The molecule has 0 spiro atoms. The summed E-state index contributed by atoms with van der Waals surface area (Å²) in [6.45, 7) is 2.65. The van der Waals surface area contributed by atoms with Crippen LogP contribution in [-0.2, 0) is 6.42 Å². The van der Waals surface area contributed by atoms with Crippen LogP contribution in [0.2, 0.25) is 0 Å². The maximum absolute atomic E-state index is 6.13. The summed E-state index contributed by atoms with van der Waals surface area (Å²) in [5.74, 6) is 0.843. The van der Waals surface area contributed by atoms with Crippen LogP contribution in [0.3, 0.4) is 0 Å². The smallest absolute Gasteiger partial charge is 0.128 e. The average molecular weight is 355 g/mol. The Morgan fingerprint density at radius 1 is 0.889 bits per heavy atom. The molecule has 2 aromatic heterocycles. The highest BCUT2D eigenvalue weighted by molar-refractivity contribution is 5.84. The predicted molar refractivity (Wildman–Crippen MR) is 108 cm³/mol. The van der Waals surface area contributed by atoms with Gasteiger partial charge in [0.1, 0.15) is 11.4 Å². The molecule has 4 heteroatoms. The molecule has 0 aliphatic heterocycles. The number of hydrogen-bond donors (Lipinski definition) is 1. The molecule has 134 valence electrons. The molecular weight excluding hydrogens is 334 g/mol. The van der Waals surface area contributed by atoms with Crippen LogP contribution in [0.15, 0.2) is 79.1 Å². The summed E-state index contributed by atoms with van der Waals surface area (Å²) in [5.41, 5.74) is 6.34. The summed E-state index contributed by atoms with van der Waals surface area (Å²) in [7, 11) is 0. The number of aromatic nitrogens is 3. The monoisotopic (exact) mass is 355 g/mol. The number of rotatable bonds is 6. The van der Waals surface area contributed by atoms with Crippen molar-refractivity contribution < 1.29 is 4.74 Å². The lowest BCUT2D eigenvalue weighted by molar-refractivity contribution is 0.323. The van der Waals surface area contributed by atoms with Gasteiger partial charge in [0, 0.05) is 35.6 Å². The molecule has 4 rings (SSSR count). The van der Waals surface area contributed by atoms with Gasteiger partial charge in [0.2, 0.25) is 0 Å². The first-order valence-electron chi connectivity index (χ1n) is 9.04. The fourth-order valence-electron chi connectivity index (χ4n) is 3.21. The molecule has 0 atom stereocenters. The van der Waals surface area contributed by atoms with Crippen LogP contribution in [-0.4, -0.2) is 21.8 Å². The van der Waals surface area contributed by atoms with Gasteiger partial charge in [-0.05, 0) is 42.3 Å². The van der Waals surface area contributed by atoms with E-state index in [2.05, 4.69) is 45.5 Å². The van der Waals surface area contributed by atoms with Gasteiger partial charge in [-0.3, -0.25) is 10.1 Å². The van der Waals surface area contributed by atoms with E-state index in [9.17, 15) is 0 Å². The van der Waals surface area contributed by atoms with Crippen LogP contribution in [0.25, 0.3) is 22.4 Å². The molecule has 0 saturated heterocycles. The van der Waals surface area contributed by atoms with Gasteiger partial charge in [0.15, 0.2) is 0 Å². The van der Waals surface area contributed by atoms with E-state index >= 15 is 0 Å². The summed E-state index contributed by atoms with van der Waals surface area (Å²) in [4.78, 5) is 4.12. The summed E-state index contributed by atoms with van der Waals surface area (Å²) in [6.07, 6.45) is 4.47. The molecule has 0 unspecified atom stereocenters. The molecule has 0 aliphatic carbocycles. The van der Waals surface area contributed by atoms with Crippen LogP contribution in [0.5, 0.6) is 5.75 Å². The van der Waals surface area contributed by atoms with E-state index in [-0.39, 0.29) is 0 Å². The van der Waals surface area contributed by atoms with Crippen LogP contribution in [0, 0.1) is 6.92 Å². The topological polar surface area (TPSA) is 50.8 Å². The summed E-state index contributed by atoms with van der Waals surface area (Å²) in [5, 5.41) is 7.68. The Morgan fingerprint density at radius 2 is 1.63 bits per heavy atom. The van der Waals surface area contributed by atoms with Crippen molar-refractivity contribution >= 4 is 0 Å². The molecule has 4 nitrogen and oxygen atoms in total. The van der Waals surface area contributed by atoms with Crippen molar-refractivity contribution in [3.8, 4) is 28.1 Å². The highest BCUT2D eigenvalue weighted by Crippen LogP contribution is 2.37. The Morgan fingerprint density at radius 3 is 2.44 bits per heavy atom. The van der Waals surface area contributed by atoms with Gasteiger partial charge < -0.3 is 4.74 Å². The minimum Gasteiger partial charge on any atom is -0.493 e. The number of H-pyrrole nitrogens is 1. The Labute approximate surface area is 158 Å². The zero-order valence-electron chi connectivity index (χ0n) is 15.2. The van der Waals surface area contributed by atoms with Gasteiger partial charge >= 0.3 is 0 Å². The third kappa shape index (κ3) is 3.75. The van der Waals surface area contributed by atoms with Gasteiger partial charge in [0.25, 0.3) is 0 Å². The SMILES string of the molecule is Cc1[nH]nc(-c2ccccc2OCCc2ccccc2)c1-c1ccncc1. The highest BCUT2D eigenvalue weighted by atomic mass is 16.5. The van der Waals surface area contributed by atoms with Crippen molar-refractivity contribution in [2.45, 2.75) is 13.3 Å². The van der Waals surface area contributed by atoms with E-state index in [1.807, 2.05) is 43.3 Å². The lowest BCUT2D eigenvalue weighted by Crippen LogP contribution is -2.02. The van der Waals surface area contributed by atoms with Crippen LogP contribution in [0.1, 0.15) is 11.3 Å². The molecule has 4 aromatic rings. The van der Waals surface area contributed by atoms with E-state index in [4.69, 9.17) is 4.74 Å². The van der Waals surface area contributed by atoms with Crippen molar-refractivity contribution in [3.05, 3.63) is 90.4 Å². The first-order valence-corrected chi connectivity index (χ1v) is 9.04. The highest BCUT2D eigenvalue weighted by Gasteiger charge is 2.17. The Kier molecular flexibility index (Phi) is 4.97. The van der Waals surface area contributed by atoms with Gasteiger partial charge in [-0.15, -0.1) is 0 Å². The number of ether oxygens (including phenoxy) is 1. The average Bonchev–Trinajstić information content (AvgIpc) is 3.11. The molecular formula is C23H21N3O. The quantitative estimate of drug-likeness (QED) is 0.525. The van der Waals surface area contributed by atoms with E-state index in [1.165, 1.54) is 5.56 Å². The maximum Gasteiger partial charge on any atom is 0.128 e. The normalized spacial score (nSPS) is 10.7. The number of nitrogens with one attached hydrogen (secondary N) is 1. The van der Waals surface area contributed by atoms with Gasteiger partial charge in [-0.2, -0.15) is 5.10 Å². The molecule has 2 aromatic carbocycles. The minimum atomic E-state index is 0.620. The molecule has 0 fully saturated rings. The molecule has 1 N–H and O–H groups in total. The first-order chi connectivity index (χ1) is 13.3. The second-order valence-corrected chi connectivity index (χ2v) is 6.39. The molecule has 0 amide bonds. The van der Waals surface area contributed by atoms with E-state index in [1.54, 1.807) is 12.4 Å². The minimum absolute atomic E-state index is 0.620. The third-order valence-corrected chi connectivity index (χ3v) is 4.55. The van der Waals surface area contributed by atoms with Crippen molar-refractivity contribution in [2.24, 2.45) is 0 Å². The predicted octanol–water partition coefficient (Wildman–Crippen LogP) is 5.07. The number of pyridine rings is 1. The Bertz CT molecular complexity index is 1010. The Hall–Kier alpha value is -3.40. The van der Waals surface area contributed by atoms with Crippen molar-refractivity contribution in [1.29, 1.82) is 0 Å². The fourth-order valence-corrected chi connectivity index (χ4v) is 3.21. The molecule has 0 aliphatic rings. The number of para-hydroxylation sites is 1. The Balaban J connectivity index is 1.62. The van der Waals surface area contributed by atoms with Crippen LogP contribution < -0.4 is 4.74 Å². The molecule has 27 heavy (non-hydrogen) atoms. The maximum atomic E-state index is 6.13. The first kappa shape index (κ1) is 17.0. The lowest BCUT2D eigenvalue weighted by Gasteiger charge is -2.12. The number of benzene rings is 2. The standard InChI is InChI=1S/C23H21N3O/c1-17-22(19-11-14-24-15-12-19)23(26-25-17)20-9-5-6-10-21(20)27-16-13-18-7-3-2-4-8-18/h2-12,14-15H,13,16H2,1H3,(H,25,26). The van der Waals surface area contributed by atoms with Crippen LogP contribution >= 0.6 is 0 Å². The number of aryl methyl sites for hydroxylation is 1. The van der Waals surface area contributed by atoms with E-state index < -0.39 is 0 Å². The zero-order valence-corrected chi connectivity index (χ0v) is 15.2. The van der Waals surface area contributed by atoms with Crippen LogP contribution in [0.4, 0.5) is 0 Å². The molecule has 0 bridgehead atoms. The lowest BCUT2D eigenvalue weighted by atomic mass is 9.99. The van der Waals surface area contributed by atoms with Crippen molar-refractivity contribution in [2.75, 3.05) is 6.61 Å². The van der Waals surface area contributed by atoms with Gasteiger partial charge in [-0.25, -0.2) is 0 Å². The van der Waals surface area contributed by atoms with Crippen molar-refractivity contribution in [3.63, 3.8) is 0 Å². The number of aromatic amines is 1. The van der Waals surface area contributed by atoms with Gasteiger partial charge in [-0.1, -0.05) is 42.5 Å². The second kappa shape index (κ2) is 7.87. The van der Waals surface area contributed by atoms with Crippen molar-refractivity contribution in [1.82, 2.24) is 15.2 Å².